The van der Waals surface area contributed by atoms with Gasteiger partial charge in [-0.3, -0.25) is 4.72 Å². The summed E-state index contributed by atoms with van der Waals surface area (Å²) < 4.78 is 29.0. The molecule has 2 rings (SSSR count). The summed E-state index contributed by atoms with van der Waals surface area (Å²) >= 11 is 2.13. The smallest absolute Gasteiger partial charge is 0.254 e. The van der Waals surface area contributed by atoms with Crippen LogP contribution in [0.5, 0.6) is 0 Å². The first-order chi connectivity index (χ1) is 8.08. The minimum atomic E-state index is -3.43. The highest BCUT2D eigenvalue weighted by atomic mass is 127. The topological polar surface area (TPSA) is 62.3 Å². The van der Waals surface area contributed by atoms with Crippen LogP contribution in [-0.4, -0.2) is 30.8 Å². The summed E-state index contributed by atoms with van der Waals surface area (Å²) in [6.07, 6.45) is 4.60. The van der Waals surface area contributed by atoms with Crippen LogP contribution < -0.4 is 4.72 Å². The van der Waals surface area contributed by atoms with Gasteiger partial charge in [0.2, 0.25) is 0 Å². The zero-order chi connectivity index (χ0) is 12.3. The van der Waals surface area contributed by atoms with E-state index in [1.807, 2.05) is 6.07 Å². The van der Waals surface area contributed by atoms with E-state index in [4.69, 9.17) is 0 Å². The summed E-state index contributed by atoms with van der Waals surface area (Å²) in [4.78, 5) is 4.03. The molecule has 0 aliphatic carbocycles. The van der Waals surface area contributed by atoms with E-state index in [0.29, 0.717) is 18.9 Å². The van der Waals surface area contributed by atoms with E-state index in [9.17, 15) is 8.42 Å². The molecule has 0 radical (unpaired) electrons. The Kier molecular flexibility index (Phi) is 4.21. The molecule has 0 spiro atoms. The van der Waals surface area contributed by atoms with Crippen LogP contribution in [0.3, 0.4) is 0 Å². The Balaban J connectivity index is 2.08. The third-order valence-corrected chi connectivity index (χ3v) is 4.77. The first-order valence-corrected chi connectivity index (χ1v) is 7.99. The van der Waals surface area contributed by atoms with Crippen molar-refractivity contribution in [2.75, 3.05) is 17.8 Å². The fourth-order valence-corrected chi connectivity index (χ4v) is 3.31. The molecule has 0 atom stereocenters. The zero-order valence-electron chi connectivity index (χ0n) is 9.26. The minimum Gasteiger partial charge on any atom is -0.254 e. The van der Waals surface area contributed by atoms with Gasteiger partial charge in [-0.25, -0.2) is 4.98 Å². The summed E-state index contributed by atoms with van der Waals surface area (Å²) in [6.45, 7) is 1.19. The average Bonchev–Trinajstić information content (AvgIpc) is 2.33. The predicted octanol–water partition coefficient (Wildman–Crippen LogP) is 1.83. The van der Waals surface area contributed by atoms with E-state index in [1.54, 1.807) is 12.3 Å². The van der Waals surface area contributed by atoms with E-state index >= 15 is 0 Å². The van der Waals surface area contributed by atoms with Gasteiger partial charge in [0, 0.05) is 22.9 Å². The van der Waals surface area contributed by atoms with Gasteiger partial charge in [-0.05, 0) is 47.6 Å². The number of anilines is 1. The van der Waals surface area contributed by atoms with E-state index in [1.165, 1.54) is 4.31 Å². The molecule has 17 heavy (non-hydrogen) atoms. The number of nitrogens with zero attached hydrogens (tertiary/aromatic N) is 2. The Hall–Kier alpha value is -0.410. The summed E-state index contributed by atoms with van der Waals surface area (Å²) in [5.74, 6) is 0.371. The Morgan fingerprint density at radius 3 is 2.53 bits per heavy atom. The van der Waals surface area contributed by atoms with E-state index < -0.39 is 10.2 Å². The van der Waals surface area contributed by atoms with Crippen molar-refractivity contribution in [1.29, 1.82) is 0 Å². The van der Waals surface area contributed by atoms with Crippen LogP contribution in [-0.2, 0) is 10.2 Å². The van der Waals surface area contributed by atoms with Gasteiger partial charge in [-0.2, -0.15) is 12.7 Å². The van der Waals surface area contributed by atoms with E-state index in [0.717, 1.165) is 22.8 Å². The molecule has 0 aromatic carbocycles. The Labute approximate surface area is 115 Å². The van der Waals surface area contributed by atoms with Crippen LogP contribution >= 0.6 is 22.6 Å². The normalized spacial score (nSPS) is 17.9. The van der Waals surface area contributed by atoms with Crippen LogP contribution in [0.4, 0.5) is 5.82 Å². The molecular weight excluding hydrogens is 353 g/mol. The molecule has 2 heterocycles. The van der Waals surface area contributed by atoms with E-state index in [-0.39, 0.29) is 0 Å². The van der Waals surface area contributed by atoms with Crippen LogP contribution in [0.2, 0.25) is 0 Å². The molecule has 1 aliphatic rings. The van der Waals surface area contributed by atoms with Gasteiger partial charge in [0.05, 0.1) is 0 Å². The van der Waals surface area contributed by atoms with Gasteiger partial charge in [0.25, 0.3) is 0 Å². The predicted molar refractivity (Wildman–Crippen MR) is 74.9 cm³/mol. The molecule has 0 saturated carbocycles. The summed E-state index contributed by atoms with van der Waals surface area (Å²) in [5, 5.41) is 0. The van der Waals surface area contributed by atoms with Crippen molar-refractivity contribution in [3.8, 4) is 0 Å². The molecule has 7 heteroatoms. The fraction of sp³-hybridized carbons (Fsp3) is 0.500. The lowest BCUT2D eigenvalue weighted by Gasteiger charge is -2.25. The molecule has 1 N–H and O–H groups in total. The van der Waals surface area contributed by atoms with Crippen molar-refractivity contribution in [3.63, 3.8) is 0 Å². The molecule has 0 bridgehead atoms. The Bertz CT molecular complexity index is 469. The SMILES string of the molecule is O=S(=O)(Nc1ccc(I)cn1)N1CCCCC1. The maximum absolute atomic E-state index is 12.0. The summed E-state index contributed by atoms with van der Waals surface area (Å²) in [7, 11) is -3.43. The summed E-state index contributed by atoms with van der Waals surface area (Å²) in [5.41, 5.74) is 0. The van der Waals surface area contributed by atoms with Crippen molar-refractivity contribution in [2.24, 2.45) is 0 Å². The maximum atomic E-state index is 12.0. The number of aromatic nitrogens is 1. The molecule has 5 nitrogen and oxygen atoms in total. The second-order valence-corrected chi connectivity index (χ2v) is 6.84. The first kappa shape index (κ1) is 13.0. The lowest BCUT2D eigenvalue weighted by Crippen LogP contribution is -2.39. The number of piperidine rings is 1. The van der Waals surface area contributed by atoms with Crippen molar-refractivity contribution >= 4 is 38.6 Å². The average molecular weight is 367 g/mol. The van der Waals surface area contributed by atoms with Crippen molar-refractivity contribution in [3.05, 3.63) is 21.9 Å². The first-order valence-electron chi connectivity index (χ1n) is 5.47. The molecule has 1 aliphatic heterocycles. The van der Waals surface area contributed by atoms with Crippen LogP contribution in [0.15, 0.2) is 18.3 Å². The second-order valence-electron chi connectivity index (χ2n) is 3.93. The molecule has 1 saturated heterocycles. The van der Waals surface area contributed by atoms with Gasteiger partial charge < -0.3 is 0 Å². The number of hydrogen-bond donors (Lipinski definition) is 1. The number of hydrogen-bond acceptors (Lipinski definition) is 3. The Morgan fingerprint density at radius 1 is 1.24 bits per heavy atom. The highest BCUT2D eigenvalue weighted by Gasteiger charge is 2.23. The monoisotopic (exact) mass is 367 g/mol. The van der Waals surface area contributed by atoms with Crippen LogP contribution in [0.1, 0.15) is 19.3 Å². The molecule has 0 amide bonds. The van der Waals surface area contributed by atoms with Gasteiger partial charge in [-0.1, -0.05) is 6.42 Å². The number of halogens is 1. The lowest BCUT2D eigenvalue weighted by molar-refractivity contribution is 0.349. The molecular formula is C10H14IN3O2S. The standard InChI is InChI=1S/C10H14IN3O2S/c11-9-4-5-10(12-8-9)13-17(15,16)14-6-2-1-3-7-14/h4-5,8H,1-3,6-7H2,(H,12,13). The zero-order valence-corrected chi connectivity index (χ0v) is 12.2. The molecule has 94 valence electrons. The third kappa shape index (κ3) is 3.52. The minimum absolute atomic E-state index is 0.371. The fourth-order valence-electron chi connectivity index (χ4n) is 1.74. The maximum Gasteiger partial charge on any atom is 0.302 e. The Morgan fingerprint density at radius 2 is 1.94 bits per heavy atom. The highest BCUT2D eigenvalue weighted by molar-refractivity contribution is 14.1. The number of nitrogens with one attached hydrogen (secondary N) is 1. The quantitative estimate of drug-likeness (QED) is 0.830. The van der Waals surface area contributed by atoms with Crippen LogP contribution in [0.25, 0.3) is 0 Å². The van der Waals surface area contributed by atoms with Crippen LogP contribution in [0, 0.1) is 3.57 Å². The lowest BCUT2D eigenvalue weighted by atomic mass is 10.2. The van der Waals surface area contributed by atoms with Gasteiger partial charge in [0.15, 0.2) is 0 Å². The molecule has 1 aromatic heterocycles. The molecule has 1 fully saturated rings. The highest BCUT2D eigenvalue weighted by Crippen LogP contribution is 2.15. The second kappa shape index (κ2) is 5.49. The number of rotatable bonds is 3. The molecule has 0 unspecified atom stereocenters. The number of pyridine rings is 1. The van der Waals surface area contributed by atoms with Crippen molar-refractivity contribution in [1.82, 2.24) is 9.29 Å². The molecule has 1 aromatic rings. The van der Waals surface area contributed by atoms with Gasteiger partial charge >= 0.3 is 10.2 Å². The van der Waals surface area contributed by atoms with Gasteiger partial charge in [0.1, 0.15) is 5.82 Å². The summed E-state index contributed by atoms with van der Waals surface area (Å²) in [6, 6.07) is 3.49. The van der Waals surface area contributed by atoms with Crippen molar-refractivity contribution in [2.45, 2.75) is 19.3 Å². The van der Waals surface area contributed by atoms with Crippen molar-refractivity contribution < 1.29 is 8.42 Å². The largest absolute Gasteiger partial charge is 0.302 e. The van der Waals surface area contributed by atoms with Gasteiger partial charge in [-0.15, -0.1) is 0 Å². The third-order valence-electron chi connectivity index (χ3n) is 2.62. The van der Waals surface area contributed by atoms with E-state index in [2.05, 4.69) is 32.3 Å².